The van der Waals surface area contributed by atoms with Gasteiger partial charge in [-0.3, -0.25) is 0 Å². The molecule has 0 aromatic carbocycles. The van der Waals surface area contributed by atoms with Crippen LogP contribution in [0.1, 0.15) is 20.8 Å². The second kappa shape index (κ2) is 8.71. The van der Waals surface area contributed by atoms with E-state index in [4.69, 9.17) is 14.9 Å². The molecule has 18 heavy (non-hydrogen) atoms. The van der Waals surface area contributed by atoms with E-state index in [0.29, 0.717) is 13.2 Å². The van der Waals surface area contributed by atoms with Crippen LogP contribution in [-0.4, -0.2) is 54.1 Å². The monoisotopic (exact) mass is 262 g/mol. The highest BCUT2D eigenvalue weighted by atomic mass is 16.5. The fraction of sp³-hybridized carbons (Fsp3) is 0.818. The first-order valence-corrected chi connectivity index (χ1v) is 5.91. The first-order chi connectivity index (χ1) is 8.38. The number of hydrogen-bond donors (Lipinski definition) is 4. The molecule has 0 radical (unpaired) electrons. The van der Waals surface area contributed by atoms with E-state index < -0.39 is 18.1 Å². The second-order valence-corrected chi connectivity index (χ2v) is 4.22. The summed E-state index contributed by atoms with van der Waals surface area (Å²) in [6.07, 6.45) is -1.60. The third kappa shape index (κ3) is 7.08. The summed E-state index contributed by atoms with van der Waals surface area (Å²) in [7, 11) is 0. The van der Waals surface area contributed by atoms with Crippen LogP contribution in [0.3, 0.4) is 0 Å². The van der Waals surface area contributed by atoms with Gasteiger partial charge < -0.3 is 25.6 Å². The van der Waals surface area contributed by atoms with Gasteiger partial charge >= 0.3 is 12.0 Å². The Morgan fingerprint density at radius 3 is 2.39 bits per heavy atom. The number of amides is 2. The summed E-state index contributed by atoms with van der Waals surface area (Å²) in [6, 6.07) is -0.680. The van der Waals surface area contributed by atoms with E-state index in [1.54, 1.807) is 0 Å². The zero-order valence-corrected chi connectivity index (χ0v) is 11.0. The maximum Gasteiger partial charge on any atom is 0.334 e. The molecule has 0 saturated carbocycles. The molecule has 1 unspecified atom stereocenters. The Morgan fingerprint density at radius 2 is 1.94 bits per heavy atom. The Hall–Kier alpha value is -1.34. The molecular weight excluding hydrogens is 240 g/mol. The lowest BCUT2D eigenvalue weighted by molar-refractivity contribution is -0.146. The highest BCUT2D eigenvalue weighted by Gasteiger charge is 2.18. The molecule has 2 amide bonds. The van der Waals surface area contributed by atoms with Crippen LogP contribution in [0.4, 0.5) is 4.79 Å². The van der Waals surface area contributed by atoms with Crippen molar-refractivity contribution in [3.63, 3.8) is 0 Å². The van der Waals surface area contributed by atoms with Crippen LogP contribution >= 0.6 is 0 Å². The fourth-order valence-electron chi connectivity index (χ4n) is 1.14. The van der Waals surface area contributed by atoms with E-state index in [9.17, 15) is 9.59 Å². The van der Waals surface area contributed by atoms with Crippen molar-refractivity contribution in [1.82, 2.24) is 10.6 Å². The van der Waals surface area contributed by atoms with Gasteiger partial charge in [-0.2, -0.15) is 0 Å². The number of rotatable bonds is 8. The van der Waals surface area contributed by atoms with Crippen LogP contribution in [0.25, 0.3) is 0 Å². The van der Waals surface area contributed by atoms with Crippen molar-refractivity contribution < 1.29 is 24.5 Å². The minimum atomic E-state index is -1.60. The molecule has 7 heteroatoms. The Balaban J connectivity index is 4.05. The molecule has 106 valence electrons. The Labute approximate surface area is 107 Å². The molecule has 0 aliphatic heterocycles. The zero-order valence-electron chi connectivity index (χ0n) is 11.0. The van der Waals surface area contributed by atoms with E-state index in [1.165, 1.54) is 0 Å². The van der Waals surface area contributed by atoms with Crippen molar-refractivity contribution in [3.8, 4) is 0 Å². The summed E-state index contributed by atoms with van der Waals surface area (Å²) in [5, 5.41) is 22.4. The summed E-state index contributed by atoms with van der Waals surface area (Å²) in [4.78, 5) is 21.8. The number of carboxylic acid groups (broad SMARTS) is 1. The molecule has 0 bridgehead atoms. The smallest absolute Gasteiger partial charge is 0.334 e. The first kappa shape index (κ1) is 16.7. The summed E-state index contributed by atoms with van der Waals surface area (Å²) in [5.74, 6) is -1.18. The van der Waals surface area contributed by atoms with Gasteiger partial charge in [-0.15, -0.1) is 0 Å². The maximum atomic E-state index is 11.5. The molecule has 2 atom stereocenters. The Morgan fingerprint density at radius 1 is 1.33 bits per heavy atom. The molecule has 0 aliphatic rings. The quantitative estimate of drug-likeness (QED) is 0.484. The standard InChI is InChI=1S/C11H22N2O5/c1-4-18-6-8(7(2)3)13-11(17)12-5-9(14)10(15)16/h7-9,14H,4-6H2,1-3H3,(H,15,16)(H2,12,13,17)/t8?,9-/m0/s1. The molecule has 7 nitrogen and oxygen atoms in total. The van der Waals surface area contributed by atoms with Crippen LogP contribution < -0.4 is 10.6 Å². The average molecular weight is 262 g/mol. The summed E-state index contributed by atoms with van der Waals surface area (Å²) >= 11 is 0. The number of urea groups is 1. The number of carbonyl (C=O) groups is 2. The van der Waals surface area contributed by atoms with E-state index in [0.717, 1.165) is 0 Å². The van der Waals surface area contributed by atoms with Crippen LogP contribution in [0.5, 0.6) is 0 Å². The number of carboxylic acids is 1. The van der Waals surface area contributed by atoms with Gasteiger partial charge in [-0.25, -0.2) is 9.59 Å². The second-order valence-electron chi connectivity index (χ2n) is 4.22. The van der Waals surface area contributed by atoms with Crippen LogP contribution in [-0.2, 0) is 9.53 Å². The van der Waals surface area contributed by atoms with Gasteiger partial charge in [-0.1, -0.05) is 13.8 Å². The number of nitrogens with one attached hydrogen (secondary N) is 2. The van der Waals surface area contributed by atoms with Crippen molar-refractivity contribution in [1.29, 1.82) is 0 Å². The van der Waals surface area contributed by atoms with Gasteiger partial charge in [0.1, 0.15) is 0 Å². The lowest BCUT2D eigenvalue weighted by Gasteiger charge is -2.22. The SMILES string of the molecule is CCOCC(NC(=O)NC[C@H](O)C(=O)O)C(C)C. The lowest BCUT2D eigenvalue weighted by atomic mass is 10.1. The van der Waals surface area contributed by atoms with Crippen molar-refractivity contribution in [3.05, 3.63) is 0 Å². The van der Waals surface area contributed by atoms with E-state index in [2.05, 4.69) is 10.6 Å². The minimum Gasteiger partial charge on any atom is -0.479 e. The maximum absolute atomic E-state index is 11.5. The molecule has 0 aromatic rings. The third-order valence-electron chi connectivity index (χ3n) is 2.36. The minimum absolute atomic E-state index is 0.160. The van der Waals surface area contributed by atoms with E-state index >= 15 is 0 Å². The average Bonchev–Trinajstić information content (AvgIpc) is 2.30. The Bertz CT molecular complexity index is 270. The molecule has 0 heterocycles. The normalized spacial score (nSPS) is 14.1. The molecule has 0 aromatic heterocycles. The molecule has 0 spiro atoms. The van der Waals surface area contributed by atoms with Crippen LogP contribution in [0.15, 0.2) is 0 Å². The molecule has 4 N–H and O–H groups in total. The van der Waals surface area contributed by atoms with Gasteiger partial charge in [-0.05, 0) is 12.8 Å². The fourth-order valence-corrected chi connectivity index (χ4v) is 1.14. The number of hydrogen-bond acceptors (Lipinski definition) is 4. The van der Waals surface area contributed by atoms with Crippen molar-refractivity contribution in [2.75, 3.05) is 19.8 Å². The van der Waals surface area contributed by atoms with E-state index in [-0.39, 0.29) is 18.5 Å². The van der Waals surface area contributed by atoms with Crippen LogP contribution in [0, 0.1) is 5.92 Å². The molecular formula is C11H22N2O5. The largest absolute Gasteiger partial charge is 0.479 e. The highest BCUT2D eigenvalue weighted by Crippen LogP contribution is 2.02. The van der Waals surface area contributed by atoms with Crippen molar-refractivity contribution in [2.45, 2.75) is 32.9 Å². The van der Waals surface area contributed by atoms with Gasteiger partial charge in [0.25, 0.3) is 0 Å². The summed E-state index contributed by atoms with van der Waals surface area (Å²) in [6.45, 7) is 6.36. The number of ether oxygens (including phenoxy) is 1. The number of aliphatic carboxylic acids is 1. The van der Waals surface area contributed by atoms with Gasteiger partial charge in [0.2, 0.25) is 0 Å². The van der Waals surface area contributed by atoms with Gasteiger partial charge in [0.15, 0.2) is 6.10 Å². The van der Waals surface area contributed by atoms with Gasteiger partial charge in [0.05, 0.1) is 19.2 Å². The molecule has 0 saturated heterocycles. The predicted molar refractivity (Wildman–Crippen MR) is 65.3 cm³/mol. The number of aliphatic hydroxyl groups is 1. The lowest BCUT2D eigenvalue weighted by Crippen LogP contribution is -2.49. The first-order valence-electron chi connectivity index (χ1n) is 5.91. The third-order valence-corrected chi connectivity index (χ3v) is 2.36. The van der Waals surface area contributed by atoms with Crippen LogP contribution in [0.2, 0.25) is 0 Å². The zero-order chi connectivity index (χ0) is 14.1. The highest BCUT2D eigenvalue weighted by molar-refractivity contribution is 5.76. The van der Waals surface area contributed by atoms with E-state index in [1.807, 2.05) is 20.8 Å². The number of carbonyl (C=O) groups excluding carboxylic acids is 1. The van der Waals surface area contributed by atoms with Crippen molar-refractivity contribution in [2.24, 2.45) is 5.92 Å². The van der Waals surface area contributed by atoms with Gasteiger partial charge in [0, 0.05) is 6.61 Å². The topological polar surface area (TPSA) is 108 Å². The molecule has 0 aliphatic carbocycles. The molecule has 0 rings (SSSR count). The Kier molecular flexibility index (Phi) is 8.06. The number of aliphatic hydroxyl groups excluding tert-OH is 1. The molecule has 0 fully saturated rings. The summed E-state index contributed by atoms with van der Waals surface area (Å²) in [5.41, 5.74) is 0. The summed E-state index contributed by atoms with van der Waals surface area (Å²) < 4.78 is 5.24. The predicted octanol–water partition coefficient (Wildman–Crippen LogP) is -0.208. The van der Waals surface area contributed by atoms with Crippen molar-refractivity contribution >= 4 is 12.0 Å².